The molecule has 0 aliphatic heterocycles. The number of aliphatic hydroxyl groups excluding tert-OH is 1. The lowest BCUT2D eigenvalue weighted by Crippen LogP contribution is -2.19. The molecule has 1 amide bonds. The van der Waals surface area contributed by atoms with Crippen LogP contribution >= 0.6 is 0 Å². The number of aliphatic imine (C=N–C) groups is 1. The Labute approximate surface area is 102 Å². The second-order valence-electron chi connectivity index (χ2n) is 4.48. The number of nitrogens with zero attached hydrogens (tertiary/aromatic N) is 2. The number of hydrogen-bond donors (Lipinski definition) is 1. The lowest BCUT2D eigenvalue weighted by Gasteiger charge is -2.22. The number of rotatable bonds is 5. The molecule has 17 heavy (non-hydrogen) atoms. The van der Waals surface area contributed by atoms with Crippen LogP contribution in [0.15, 0.2) is 28.8 Å². The second-order valence-corrected chi connectivity index (χ2v) is 4.48. The maximum absolute atomic E-state index is 10.4. The van der Waals surface area contributed by atoms with Gasteiger partial charge in [-0.1, -0.05) is 25.2 Å². The summed E-state index contributed by atoms with van der Waals surface area (Å²) in [6, 6.07) is 0. The van der Waals surface area contributed by atoms with E-state index in [1.54, 1.807) is 14.0 Å². The predicted molar refractivity (Wildman–Crippen MR) is 68.7 cm³/mol. The Morgan fingerprint density at radius 2 is 2.35 bits per heavy atom. The van der Waals surface area contributed by atoms with E-state index in [0.717, 1.165) is 12.0 Å². The summed E-state index contributed by atoms with van der Waals surface area (Å²) in [6.45, 7) is 4.52. The van der Waals surface area contributed by atoms with Gasteiger partial charge in [0.25, 0.3) is 0 Å². The highest BCUT2D eigenvalue weighted by Crippen LogP contribution is 2.24. The fourth-order valence-corrected chi connectivity index (χ4v) is 1.72. The van der Waals surface area contributed by atoms with Gasteiger partial charge in [0.15, 0.2) is 0 Å². The van der Waals surface area contributed by atoms with Gasteiger partial charge in [0, 0.05) is 19.5 Å². The smallest absolute Gasteiger partial charge is 0.214 e. The standard InChI is InChI=1S/C13H20N2O2/c1-10-6-12(11(2)17)4-5-13(10)7-14-8-15(3)9-16/h4-6,8-11,13,17H,7H2,1-3H3. The van der Waals surface area contributed by atoms with Crippen molar-refractivity contribution in [1.82, 2.24) is 4.90 Å². The minimum Gasteiger partial charge on any atom is -0.389 e. The average molecular weight is 236 g/mol. The lowest BCUT2D eigenvalue weighted by atomic mass is 9.86. The fraction of sp³-hybridized carbons (Fsp3) is 0.538. The molecule has 0 saturated heterocycles. The molecule has 0 aromatic heterocycles. The highest BCUT2D eigenvalue weighted by Gasteiger charge is 2.17. The molecule has 0 fully saturated rings. The van der Waals surface area contributed by atoms with Crippen LogP contribution < -0.4 is 0 Å². The van der Waals surface area contributed by atoms with Crippen molar-refractivity contribution in [3.05, 3.63) is 23.8 Å². The molecule has 0 radical (unpaired) electrons. The molecule has 0 bridgehead atoms. The third kappa shape index (κ3) is 4.15. The normalized spacial score (nSPS) is 25.8. The summed E-state index contributed by atoms with van der Waals surface area (Å²) in [5.74, 6) is 0.678. The van der Waals surface area contributed by atoms with Crippen molar-refractivity contribution in [2.75, 3.05) is 13.6 Å². The first-order valence-electron chi connectivity index (χ1n) is 5.79. The predicted octanol–water partition coefficient (Wildman–Crippen LogP) is 1.23. The second kappa shape index (κ2) is 6.35. The van der Waals surface area contributed by atoms with Crippen LogP contribution in [0.4, 0.5) is 0 Å². The van der Waals surface area contributed by atoms with E-state index in [1.807, 2.05) is 6.08 Å². The molecule has 0 spiro atoms. The van der Waals surface area contributed by atoms with Crippen LogP contribution in [-0.4, -0.2) is 42.5 Å². The topological polar surface area (TPSA) is 52.9 Å². The molecule has 0 saturated carbocycles. The molecule has 4 nitrogen and oxygen atoms in total. The van der Waals surface area contributed by atoms with Gasteiger partial charge in [-0.2, -0.15) is 0 Å². The minimum atomic E-state index is -0.417. The van der Waals surface area contributed by atoms with Gasteiger partial charge in [-0.05, 0) is 18.4 Å². The average Bonchev–Trinajstić information content (AvgIpc) is 2.30. The Hall–Kier alpha value is -1.42. The first-order valence-corrected chi connectivity index (χ1v) is 5.79. The first-order chi connectivity index (χ1) is 8.04. The first kappa shape index (κ1) is 13.6. The monoisotopic (exact) mass is 236 g/mol. The Balaban J connectivity index is 2.52. The van der Waals surface area contributed by atoms with Gasteiger partial charge in [0.1, 0.15) is 0 Å². The van der Waals surface area contributed by atoms with Crippen LogP contribution in [0.5, 0.6) is 0 Å². The number of carbonyl (C=O) groups is 1. The molecule has 1 rings (SSSR count). The van der Waals surface area contributed by atoms with Crippen molar-refractivity contribution in [3.8, 4) is 0 Å². The van der Waals surface area contributed by atoms with Crippen molar-refractivity contribution in [2.45, 2.75) is 20.0 Å². The Morgan fingerprint density at radius 3 is 2.88 bits per heavy atom. The van der Waals surface area contributed by atoms with Crippen LogP contribution in [0.3, 0.4) is 0 Å². The zero-order valence-corrected chi connectivity index (χ0v) is 10.6. The molecule has 3 unspecified atom stereocenters. The van der Waals surface area contributed by atoms with Crippen molar-refractivity contribution >= 4 is 12.7 Å². The van der Waals surface area contributed by atoms with E-state index in [2.05, 4.69) is 24.1 Å². The summed E-state index contributed by atoms with van der Waals surface area (Å²) < 4.78 is 0. The zero-order valence-electron chi connectivity index (χ0n) is 10.6. The van der Waals surface area contributed by atoms with Gasteiger partial charge in [0.2, 0.25) is 6.41 Å². The molecular formula is C13H20N2O2. The molecule has 94 valence electrons. The molecule has 0 aromatic carbocycles. The molecule has 1 aliphatic rings. The van der Waals surface area contributed by atoms with Crippen molar-refractivity contribution in [3.63, 3.8) is 0 Å². The third-order valence-corrected chi connectivity index (χ3v) is 2.90. The van der Waals surface area contributed by atoms with Gasteiger partial charge >= 0.3 is 0 Å². The molecule has 1 N–H and O–H groups in total. The number of hydrogen-bond acceptors (Lipinski definition) is 3. The van der Waals surface area contributed by atoms with E-state index < -0.39 is 6.10 Å². The highest BCUT2D eigenvalue weighted by atomic mass is 16.3. The van der Waals surface area contributed by atoms with Gasteiger partial charge < -0.3 is 10.0 Å². The summed E-state index contributed by atoms with van der Waals surface area (Å²) in [6.07, 6.45) is 7.93. The lowest BCUT2D eigenvalue weighted by molar-refractivity contribution is -0.113. The summed E-state index contributed by atoms with van der Waals surface area (Å²) in [4.78, 5) is 15.9. The fourth-order valence-electron chi connectivity index (χ4n) is 1.72. The largest absolute Gasteiger partial charge is 0.389 e. The Bertz CT molecular complexity index is 345. The minimum absolute atomic E-state index is 0.328. The number of allylic oxidation sites excluding steroid dienone is 1. The molecule has 0 heterocycles. The summed E-state index contributed by atoms with van der Waals surface area (Å²) >= 11 is 0. The van der Waals surface area contributed by atoms with E-state index in [0.29, 0.717) is 18.4 Å². The van der Waals surface area contributed by atoms with Crippen molar-refractivity contribution in [1.29, 1.82) is 0 Å². The van der Waals surface area contributed by atoms with Gasteiger partial charge in [0.05, 0.1) is 12.4 Å². The van der Waals surface area contributed by atoms with E-state index in [9.17, 15) is 9.90 Å². The Kier molecular flexibility index (Phi) is 5.10. The molecule has 4 heteroatoms. The van der Waals surface area contributed by atoms with E-state index >= 15 is 0 Å². The maximum atomic E-state index is 10.4. The SMILES string of the molecule is CC(O)C1=CC(C)C(CN=CN(C)C=O)C=C1. The number of carbonyl (C=O) groups excluding carboxylic acids is 1. The van der Waals surface area contributed by atoms with Crippen molar-refractivity contribution in [2.24, 2.45) is 16.8 Å². The maximum Gasteiger partial charge on any atom is 0.214 e. The van der Waals surface area contributed by atoms with E-state index in [-0.39, 0.29) is 0 Å². The molecule has 0 aromatic rings. The van der Waals surface area contributed by atoms with Gasteiger partial charge in [-0.15, -0.1) is 0 Å². The van der Waals surface area contributed by atoms with E-state index in [1.165, 1.54) is 11.2 Å². The summed E-state index contributed by atoms with van der Waals surface area (Å²) in [7, 11) is 1.65. The van der Waals surface area contributed by atoms with Gasteiger partial charge in [-0.3, -0.25) is 9.79 Å². The number of amides is 1. The molecule has 1 aliphatic carbocycles. The third-order valence-electron chi connectivity index (χ3n) is 2.90. The van der Waals surface area contributed by atoms with Crippen LogP contribution in [0.1, 0.15) is 13.8 Å². The molecular weight excluding hydrogens is 216 g/mol. The summed E-state index contributed by atoms with van der Waals surface area (Å²) in [5.41, 5.74) is 0.961. The molecule has 3 atom stereocenters. The Morgan fingerprint density at radius 1 is 1.65 bits per heavy atom. The van der Waals surface area contributed by atoms with Crippen LogP contribution in [0.25, 0.3) is 0 Å². The van der Waals surface area contributed by atoms with Crippen LogP contribution in [0.2, 0.25) is 0 Å². The quantitative estimate of drug-likeness (QED) is 0.443. The van der Waals surface area contributed by atoms with Gasteiger partial charge in [-0.25, -0.2) is 0 Å². The summed E-state index contributed by atoms with van der Waals surface area (Å²) in [5, 5.41) is 9.47. The van der Waals surface area contributed by atoms with Crippen LogP contribution in [-0.2, 0) is 4.79 Å². The van der Waals surface area contributed by atoms with Crippen LogP contribution in [0, 0.1) is 11.8 Å². The highest BCUT2D eigenvalue weighted by molar-refractivity contribution is 5.71. The number of aliphatic hydroxyl groups is 1. The zero-order chi connectivity index (χ0) is 12.8. The van der Waals surface area contributed by atoms with E-state index in [4.69, 9.17) is 0 Å². The van der Waals surface area contributed by atoms with Crippen molar-refractivity contribution < 1.29 is 9.90 Å².